The Morgan fingerprint density at radius 1 is 1.37 bits per heavy atom. The van der Waals surface area contributed by atoms with Crippen LogP contribution in [0.15, 0.2) is 34.7 Å². The van der Waals surface area contributed by atoms with Crippen LogP contribution in [0.1, 0.15) is 29.1 Å². The number of aryl methyl sites for hydroxylation is 2. The monoisotopic (exact) mass is 398 g/mol. The van der Waals surface area contributed by atoms with E-state index >= 15 is 0 Å². The average Bonchev–Trinajstić information content (AvgIpc) is 3.25. The first-order valence-electron chi connectivity index (χ1n) is 8.52. The summed E-state index contributed by atoms with van der Waals surface area (Å²) in [5, 5.41) is 5.81. The maximum atomic E-state index is 12.9. The number of pyridine rings is 1. The zero-order chi connectivity index (χ0) is 19.1. The Balaban J connectivity index is 1.66. The maximum Gasteiger partial charge on any atom is 0.271 e. The van der Waals surface area contributed by atoms with Crippen LogP contribution in [0.25, 0.3) is 20.4 Å². The molecule has 0 spiro atoms. The number of aromatic nitrogens is 3. The highest BCUT2D eigenvalue weighted by molar-refractivity contribution is 7.25. The van der Waals surface area contributed by atoms with Gasteiger partial charge in [0.1, 0.15) is 16.1 Å². The molecule has 27 heavy (non-hydrogen) atoms. The molecule has 4 heterocycles. The van der Waals surface area contributed by atoms with Crippen molar-refractivity contribution in [3.63, 3.8) is 0 Å². The third-order valence-corrected chi connectivity index (χ3v) is 6.52. The minimum absolute atomic E-state index is 0.0584. The van der Waals surface area contributed by atoms with Crippen LogP contribution in [-0.4, -0.2) is 20.4 Å². The molecule has 0 aliphatic carbocycles. The number of hydrogen-bond acceptors (Lipinski definition) is 6. The summed E-state index contributed by atoms with van der Waals surface area (Å²) < 4.78 is 1.89. The summed E-state index contributed by atoms with van der Waals surface area (Å²) in [7, 11) is 0. The Kier molecular flexibility index (Phi) is 4.53. The molecule has 0 aromatic carbocycles. The summed E-state index contributed by atoms with van der Waals surface area (Å²) in [6.45, 7) is 5.80. The van der Waals surface area contributed by atoms with Gasteiger partial charge in [0, 0.05) is 16.0 Å². The van der Waals surface area contributed by atoms with Crippen LogP contribution in [0.5, 0.6) is 0 Å². The fourth-order valence-corrected chi connectivity index (χ4v) is 5.10. The van der Waals surface area contributed by atoms with Crippen LogP contribution in [0.3, 0.4) is 0 Å². The Morgan fingerprint density at radius 3 is 2.93 bits per heavy atom. The molecule has 0 fully saturated rings. The Bertz CT molecular complexity index is 1210. The minimum atomic E-state index is -0.217. The first-order chi connectivity index (χ1) is 12.9. The van der Waals surface area contributed by atoms with E-state index in [0.717, 1.165) is 26.4 Å². The number of rotatable bonds is 4. The minimum Gasteiger partial charge on any atom is -0.347 e. The molecule has 1 amide bonds. The molecule has 0 unspecified atom stereocenters. The van der Waals surface area contributed by atoms with Gasteiger partial charge in [-0.15, -0.1) is 22.7 Å². The fraction of sp³-hybridized carbons (Fsp3) is 0.263. The van der Waals surface area contributed by atoms with Crippen LogP contribution in [0.4, 0.5) is 0 Å². The lowest BCUT2D eigenvalue weighted by Gasteiger charge is -2.12. The molecule has 4 aromatic rings. The third kappa shape index (κ3) is 3.26. The lowest BCUT2D eigenvalue weighted by molar-refractivity contribution is -0.122. The molecule has 0 saturated heterocycles. The van der Waals surface area contributed by atoms with Gasteiger partial charge in [0.05, 0.1) is 17.9 Å². The predicted octanol–water partition coefficient (Wildman–Crippen LogP) is 3.56. The predicted molar refractivity (Wildman–Crippen MR) is 110 cm³/mol. The van der Waals surface area contributed by atoms with Crippen molar-refractivity contribution in [2.45, 2.75) is 33.4 Å². The maximum absolute atomic E-state index is 12.9. The van der Waals surface area contributed by atoms with Gasteiger partial charge in [-0.2, -0.15) is 0 Å². The van der Waals surface area contributed by atoms with E-state index in [9.17, 15) is 9.59 Å². The molecule has 4 rings (SSSR count). The molecule has 1 atom stereocenters. The van der Waals surface area contributed by atoms with Crippen molar-refractivity contribution in [3.8, 4) is 0 Å². The molecule has 0 aliphatic rings. The van der Waals surface area contributed by atoms with Crippen molar-refractivity contribution < 1.29 is 4.79 Å². The number of thiophene rings is 2. The molecule has 0 radical (unpaired) electrons. The van der Waals surface area contributed by atoms with Crippen molar-refractivity contribution in [1.29, 1.82) is 0 Å². The zero-order valence-electron chi connectivity index (χ0n) is 15.1. The number of amides is 1. The van der Waals surface area contributed by atoms with Gasteiger partial charge < -0.3 is 5.32 Å². The summed E-state index contributed by atoms with van der Waals surface area (Å²) in [6.07, 6.45) is 1.45. The molecular formula is C19H18N4O2S2. The molecule has 0 aliphatic heterocycles. The second-order valence-electron chi connectivity index (χ2n) is 6.52. The highest BCUT2D eigenvalue weighted by Crippen LogP contribution is 2.31. The number of carbonyl (C=O) groups is 1. The number of carbonyl (C=O) groups excluding carboxylic acids is 1. The van der Waals surface area contributed by atoms with E-state index < -0.39 is 0 Å². The van der Waals surface area contributed by atoms with Gasteiger partial charge in [0.25, 0.3) is 5.56 Å². The van der Waals surface area contributed by atoms with E-state index in [1.807, 2.05) is 44.4 Å². The number of nitrogens with zero attached hydrogens (tertiary/aromatic N) is 3. The van der Waals surface area contributed by atoms with Crippen LogP contribution in [0.2, 0.25) is 0 Å². The van der Waals surface area contributed by atoms with Crippen molar-refractivity contribution in [2.75, 3.05) is 0 Å². The molecule has 4 aromatic heterocycles. The largest absolute Gasteiger partial charge is 0.347 e. The van der Waals surface area contributed by atoms with Crippen molar-refractivity contribution in [2.24, 2.45) is 0 Å². The van der Waals surface area contributed by atoms with Gasteiger partial charge in [-0.05, 0) is 43.8 Å². The number of nitrogens with one attached hydrogen (secondary N) is 1. The van der Waals surface area contributed by atoms with Gasteiger partial charge >= 0.3 is 0 Å². The first-order valence-corrected chi connectivity index (χ1v) is 10.2. The Morgan fingerprint density at radius 2 is 2.19 bits per heavy atom. The van der Waals surface area contributed by atoms with Gasteiger partial charge in [-0.25, -0.2) is 9.97 Å². The second kappa shape index (κ2) is 6.86. The van der Waals surface area contributed by atoms with Crippen LogP contribution in [-0.2, 0) is 11.3 Å². The zero-order valence-corrected chi connectivity index (χ0v) is 16.8. The molecule has 1 N–H and O–H groups in total. The van der Waals surface area contributed by atoms with Crippen molar-refractivity contribution in [3.05, 3.63) is 56.4 Å². The van der Waals surface area contributed by atoms with Crippen LogP contribution in [0, 0.1) is 13.8 Å². The molecule has 0 saturated carbocycles. The first kappa shape index (κ1) is 17.8. The summed E-state index contributed by atoms with van der Waals surface area (Å²) in [4.78, 5) is 36.1. The van der Waals surface area contributed by atoms with E-state index in [4.69, 9.17) is 0 Å². The van der Waals surface area contributed by atoms with Crippen molar-refractivity contribution in [1.82, 2.24) is 19.9 Å². The molecule has 8 heteroatoms. The third-order valence-electron chi connectivity index (χ3n) is 4.40. The standard InChI is InChI=1S/C19H18N4O2S2/c1-10-7-11(2)21-18-15(10)16-17(27-18)19(25)23(9-20-16)8-14(24)22-12(3)13-5-4-6-26-13/h4-7,9,12H,8H2,1-3H3,(H,22,24)/t12-/m0/s1. The highest BCUT2D eigenvalue weighted by atomic mass is 32.1. The van der Waals surface area contributed by atoms with Crippen LogP contribution >= 0.6 is 22.7 Å². The lowest BCUT2D eigenvalue weighted by Crippen LogP contribution is -2.33. The van der Waals surface area contributed by atoms with Gasteiger partial charge in [0.2, 0.25) is 5.91 Å². The molecular weight excluding hydrogens is 380 g/mol. The smallest absolute Gasteiger partial charge is 0.271 e. The molecule has 0 bridgehead atoms. The number of fused-ring (bicyclic) bond motifs is 3. The van der Waals surface area contributed by atoms with E-state index in [0.29, 0.717) is 10.2 Å². The molecule has 138 valence electrons. The summed E-state index contributed by atoms with van der Waals surface area (Å²) >= 11 is 2.92. The quantitative estimate of drug-likeness (QED) is 0.570. The fourth-order valence-electron chi connectivity index (χ4n) is 3.16. The SMILES string of the molecule is Cc1cc(C)c2c(n1)sc1c(=O)n(CC(=O)N[C@@H](C)c3cccs3)cnc12. The van der Waals surface area contributed by atoms with E-state index in [2.05, 4.69) is 15.3 Å². The second-order valence-corrected chi connectivity index (χ2v) is 8.50. The van der Waals surface area contributed by atoms with Crippen molar-refractivity contribution >= 4 is 49.0 Å². The van der Waals surface area contributed by atoms with Crippen LogP contribution < -0.4 is 10.9 Å². The summed E-state index contributed by atoms with van der Waals surface area (Å²) in [5.41, 5.74) is 2.41. The normalized spacial score (nSPS) is 12.6. The van der Waals surface area contributed by atoms with E-state index in [-0.39, 0.29) is 24.1 Å². The number of hydrogen-bond donors (Lipinski definition) is 1. The summed E-state index contributed by atoms with van der Waals surface area (Å²) in [5.74, 6) is -0.217. The Hall–Kier alpha value is -2.58. The highest BCUT2D eigenvalue weighted by Gasteiger charge is 2.17. The van der Waals surface area contributed by atoms with E-state index in [1.54, 1.807) is 11.3 Å². The summed E-state index contributed by atoms with van der Waals surface area (Å²) in [6, 6.07) is 5.82. The van der Waals surface area contributed by atoms with Gasteiger partial charge in [-0.3, -0.25) is 14.2 Å². The van der Waals surface area contributed by atoms with E-state index in [1.165, 1.54) is 22.2 Å². The Labute approximate surface area is 163 Å². The van der Waals surface area contributed by atoms with Gasteiger partial charge in [0.15, 0.2) is 0 Å². The average molecular weight is 399 g/mol. The lowest BCUT2D eigenvalue weighted by atomic mass is 10.1. The molecule has 6 nitrogen and oxygen atoms in total. The topological polar surface area (TPSA) is 76.9 Å². The van der Waals surface area contributed by atoms with Gasteiger partial charge in [-0.1, -0.05) is 6.07 Å².